The average Bonchev–Trinajstić information content (AvgIpc) is 2.43. The molecular formula is C13H20N6O6. The fraction of sp³-hybridized carbons (Fsp3) is 0.692. The van der Waals surface area contributed by atoms with E-state index in [0.29, 0.717) is 40.0 Å². The highest BCUT2D eigenvalue weighted by molar-refractivity contribution is 5.77. The molecular weight excluding hydrogens is 336 g/mol. The Morgan fingerprint density at radius 1 is 0.840 bits per heavy atom. The van der Waals surface area contributed by atoms with Crippen molar-refractivity contribution in [2.75, 3.05) is 59.6 Å². The smallest absolute Gasteiger partial charge is 0.356 e. The highest BCUT2D eigenvalue weighted by Crippen LogP contribution is 2.19. The Kier molecular flexibility index (Phi) is 4.74. The van der Waals surface area contributed by atoms with E-state index < -0.39 is 17.9 Å². The van der Waals surface area contributed by atoms with Crippen LogP contribution >= 0.6 is 0 Å². The van der Waals surface area contributed by atoms with Crippen molar-refractivity contribution in [2.24, 2.45) is 0 Å². The van der Waals surface area contributed by atoms with Crippen molar-refractivity contribution >= 4 is 23.9 Å². The number of hydrogen-bond donors (Lipinski definition) is 2. The third-order valence-corrected chi connectivity index (χ3v) is 4.14. The van der Waals surface area contributed by atoms with Crippen LogP contribution in [0, 0.1) is 0 Å². The summed E-state index contributed by atoms with van der Waals surface area (Å²) < 4.78 is 1.90. The molecule has 138 valence electrons. The second-order valence-electron chi connectivity index (χ2n) is 6.41. The molecule has 1 saturated heterocycles. The normalized spacial score (nSPS) is 22.1. The number of guanidine groups is 1. The molecule has 1 fully saturated rings. The van der Waals surface area contributed by atoms with E-state index in [1.54, 1.807) is 14.7 Å². The maximum atomic E-state index is 11.0. The minimum Gasteiger partial charge on any atom is -0.549 e. The lowest BCUT2D eigenvalue weighted by molar-refractivity contribution is -0.596. The maximum Gasteiger partial charge on any atom is 0.356 e. The molecule has 0 bridgehead atoms. The number of carboxylic acid groups (broad SMARTS) is 3. The first-order chi connectivity index (χ1) is 11.8. The molecule has 12 nitrogen and oxygen atoms in total. The van der Waals surface area contributed by atoms with Crippen molar-refractivity contribution in [1.82, 2.24) is 24.5 Å². The van der Waals surface area contributed by atoms with Crippen LogP contribution in [0.25, 0.3) is 0 Å². The van der Waals surface area contributed by atoms with Crippen LogP contribution in [-0.2, 0) is 14.4 Å². The Hall–Kier alpha value is -2.44. The third-order valence-electron chi connectivity index (χ3n) is 4.14. The van der Waals surface area contributed by atoms with Crippen LogP contribution in [-0.4, -0.2) is 123 Å². The molecule has 12 heteroatoms. The number of carbonyl (C=O) groups excluding carboxylic acids is 1. The standard InChI is InChI=1S/C13H20N6O6/c20-10(21)1-14-4-17-6-15(2-11(22)23)8-19-9-16(3-12(24)25)7-18(5-14)13(17)19/h1-9H2,(H2-,20,21,22,23,24,25). The second-order valence-corrected chi connectivity index (χ2v) is 6.41. The molecule has 0 aromatic rings. The first-order valence-corrected chi connectivity index (χ1v) is 7.74. The van der Waals surface area contributed by atoms with Gasteiger partial charge in [-0.15, -0.1) is 0 Å². The van der Waals surface area contributed by atoms with Gasteiger partial charge in [-0.1, -0.05) is 0 Å². The zero-order valence-electron chi connectivity index (χ0n) is 13.6. The van der Waals surface area contributed by atoms with Crippen LogP contribution in [0.15, 0.2) is 0 Å². The van der Waals surface area contributed by atoms with Crippen molar-refractivity contribution in [3.05, 3.63) is 0 Å². The van der Waals surface area contributed by atoms with Crippen LogP contribution in [0.5, 0.6) is 0 Å². The van der Waals surface area contributed by atoms with Gasteiger partial charge in [0.15, 0.2) is 0 Å². The minimum absolute atomic E-state index is 0.153. The van der Waals surface area contributed by atoms with Gasteiger partial charge in [-0.2, -0.15) is 0 Å². The largest absolute Gasteiger partial charge is 0.549 e. The van der Waals surface area contributed by atoms with E-state index >= 15 is 0 Å². The topological polar surface area (TPSA) is 134 Å². The predicted octanol–water partition coefficient (Wildman–Crippen LogP) is -4.43. The van der Waals surface area contributed by atoms with Gasteiger partial charge in [0, 0.05) is 6.54 Å². The fourth-order valence-corrected chi connectivity index (χ4v) is 3.56. The van der Waals surface area contributed by atoms with E-state index in [2.05, 4.69) is 0 Å². The molecule has 0 radical (unpaired) electrons. The van der Waals surface area contributed by atoms with Gasteiger partial charge in [0.2, 0.25) is 0 Å². The molecule has 0 aromatic heterocycles. The molecule has 0 aromatic carbocycles. The van der Waals surface area contributed by atoms with E-state index in [1.807, 2.05) is 14.4 Å². The van der Waals surface area contributed by atoms with Crippen LogP contribution in [0.3, 0.4) is 0 Å². The van der Waals surface area contributed by atoms with E-state index in [0.717, 1.165) is 5.96 Å². The quantitative estimate of drug-likeness (QED) is 0.446. The SMILES string of the molecule is O=C([O-])CN1CN2CN(CC(=O)O)CN3CN(CC(=O)O)C[N+](=C23)C1. The lowest BCUT2D eigenvalue weighted by Gasteiger charge is -2.48. The zero-order valence-corrected chi connectivity index (χ0v) is 13.6. The molecule has 3 aliphatic heterocycles. The molecule has 3 aliphatic rings. The first-order valence-electron chi connectivity index (χ1n) is 7.74. The number of aliphatic carboxylic acids is 3. The highest BCUT2D eigenvalue weighted by Gasteiger charge is 2.45. The van der Waals surface area contributed by atoms with Crippen molar-refractivity contribution in [3.8, 4) is 0 Å². The molecule has 0 amide bonds. The number of nitrogens with zero attached hydrogens (tertiary/aromatic N) is 6. The van der Waals surface area contributed by atoms with Gasteiger partial charge in [0.1, 0.15) is 53.1 Å². The summed E-state index contributed by atoms with van der Waals surface area (Å²) in [4.78, 5) is 41.9. The third kappa shape index (κ3) is 3.97. The van der Waals surface area contributed by atoms with Crippen molar-refractivity contribution in [3.63, 3.8) is 0 Å². The van der Waals surface area contributed by atoms with Crippen LogP contribution < -0.4 is 5.11 Å². The molecule has 25 heavy (non-hydrogen) atoms. The second kappa shape index (κ2) is 6.82. The average molecular weight is 356 g/mol. The summed E-state index contributed by atoms with van der Waals surface area (Å²) in [5.74, 6) is -2.23. The maximum absolute atomic E-state index is 11.0. The molecule has 0 atom stereocenters. The summed E-state index contributed by atoms with van der Waals surface area (Å²) in [6.07, 6.45) is 0. The number of hydrogen-bond acceptors (Lipinski definition) is 9. The van der Waals surface area contributed by atoms with E-state index in [4.69, 9.17) is 10.2 Å². The minimum atomic E-state index is -1.20. The van der Waals surface area contributed by atoms with Crippen LogP contribution in [0.2, 0.25) is 0 Å². The summed E-state index contributed by atoms with van der Waals surface area (Å²) >= 11 is 0. The molecule has 0 spiro atoms. The van der Waals surface area contributed by atoms with Crippen molar-refractivity contribution < 1.29 is 34.3 Å². The Morgan fingerprint density at radius 3 is 1.76 bits per heavy atom. The Bertz CT molecular complexity index is 582. The lowest BCUT2D eigenvalue weighted by atomic mass is 10.3. The molecule has 2 N–H and O–H groups in total. The van der Waals surface area contributed by atoms with Crippen LogP contribution in [0.4, 0.5) is 0 Å². The number of carbonyl (C=O) groups is 3. The van der Waals surface area contributed by atoms with Gasteiger partial charge in [0.05, 0.1) is 5.97 Å². The van der Waals surface area contributed by atoms with E-state index in [1.165, 1.54) is 0 Å². The summed E-state index contributed by atoms with van der Waals surface area (Å²) in [5, 5.41) is 29.0. The lowest BCUT2D eigenvalue weighted by Crippen LogP contribution is -2.72. The Morgan fingerprint density at radius 2 is 1.28 bits per heavy atom. The van der Waals surface area contributed by atoms with E-state index in [-0.39, 0.29) is 19.6 Å². The summed E-state index contributed by atoms with van der Waals surface area (Å²) in [7, 11) is 0. The molecule has 3 heterocycles. The van der Waals surface area contributed by atoms with Gasteiger partial charge in [-0.25, -0.2) is 29.1 Å². The van der Waals surface area contributed by atoms with E-state index in [9.17, 15) is 19.5 Å². The van der Waals surface area contributed by atoms with Crippen LogP contribution in [0.1, 0.15) is 0 Å². The summed E-state index contributed by atoms with van der Waals surface area (Å²) in [5.41, 5.74) is 0. The monoisotopic (exact) mass is 356 g/mol. The van der Waals surface area contributed by atoms with Gasteiger partial charge in [-0.05, 0) is 0 Å². The highest BCUT2D eigenvalue weighted by atomic mass is 16.4. The predicted molar refractivity (Wildman–Crippen MR) is 78.5 cm³/mol. The van der Waals surface area contributed by atoms with Crippen molar-refractivity contribution in [1.29, 1.82) is 0 Å². The van der Waals surface area contributed by atoms with Gasteiger partial charge in [-0.3, -0.25) is 9.59 Å². The first kappa shape index (κ1) is 17.4. The summed E-state index contributed by atoms with van der Waals surface area (Å²) in [6, 6.07) is 0. The molecule has 0 saturated carbocycles. The zero-order chi connectivity index (χ0) is 18.1. The van der Waals surface area contributed by atoms with Gasteiger partial charge < -0.3 is 20.1 Å². The summed E-state index contributed by atoms with van der Waals surface area (Å²) in [6.45, 7) is 1.57. The van der Waals surface area contributed by atoms with Gasteiger partial charge in [0.25, 0.3) is 0 Å². The Labute approximate surface area is 143 Å². The van der Waals surface area contributed by atoms with Gasteiger partial charge >= 0.3 is 17.9 Å². The number of rotatable bonds is 6. The molecule has 0 unspecified atom stereocenters. The molecule has 0 aliphatic carbocycles. The number of carboxylic acids is 3. The Balaban J connectivity index is 1.84. The molecule has 3 rings (SSSR count). The fourth-order valence-electron chi connectivity index (χ4n) is 3.56. The van der Waals surface area contributed by atoms with Crippen molar-refractivity contribution in [2.45, 2.75) is 0 Å².